The van der Waals surface area contributed by atoms with Crippen LogP contribution in [0, 0.1) is 5.82 Å². The molecule has 29 heavy (non-hydrogen) atoms. The SMILES string of the molecule is [2H]C1([2H])N(c2cc3c(cc2F)c(=O)c(C(=O)O)cn3C2(C)CC2)C([2H])(C)C(C)(C)N(C)C1([2H])[2H]. The number of carboxylic acids is 1. The highest BCUT2D eigenvalue weighted by atomic mass is 19.1. The maximum Gasteiger partial charge on any atom is 0.341 e. The highest BCUT2D eigenvalue weighted by Gasteiger charge is 2.42. The Balaban J connectivity index is 2.09. The summed E-state index contributed by atoms with van der Waals surface area (Å²) in [5.74, 6) is -2.48. The van der Waals surface area contributed by atoms with Gasteiger partial charge in [0, 0.05) is 44.4 Å². The number of benzene rings is 1. The molecule has 0 radical (unpaired) electrons. The molecule has 1 N–H and O–H groups in total. The van der Waals surface area contributed by atoms with Gasteiger partial charge in [-0.1, -0.05) is 0 Å². The number of hydrogen-bond acceptors (Lipinski definition) is 4. The highest BCUT2D eigenvalue weighted by Crippen LogP contribution is 2.45. The fraction of sp³-hybridized carbons (Fsp3) is 0.545. The molecular formula is C22H28FN3O3. The van der Waals surface area contributed by atoms with E-state index in [2.05, 4.69) is 0 Å². The molecule has 2 aromatic rings. The Labute approximate surface area is 176 Å². The van der Waals surface area contributed by atoms with Gasteiger partial charge in [-0.05, 0) is 59.7 Å². The normalized spacial score (nSPS) is 31.9. The fourth-order valence-electron chi connectivity index (χ4n) is 3.63. The van der Waals surface area contributed by atoms with Crippen LogP contribution in [0.1, 0.15) is 57.7 Å². The second-order valence-corrected chi connectivity index (χ2v) is 8.63. The van der Waals surface area contributed by atoms with E-state index in [1.807, 2.05) is 6.92 Å². The summed E-state index contributed by atoms with van der Waals surface area (Å²) in [6, 6.07) is 0.263. The zero-order valence-corrected chi connectivity index (χ0v) is 17.1. The van der Waals surface area contributed by atoms with Crippen LogP contribution in [0.5, 0.6) is 0 Å². The van der Waals surface area contributed by atoms with Crippen molar-refractivity contribution in [2.75, 3.05) is 24.9 Å². The van der Waals surface area contributed by atoms with Gasteiger partial charge in [0.15, 0.2) is 0 Å². The van der Waals surface area contributed by atoms with Gasteiger partial charge in [-0.3, -0.25) is 9.69 Å². The number of nitrogens with zero attached hydrogens (tertiary/aromatic N) is 3. The Kier molecular flexibility index (Phi) is 3.16. The van der Waals surface area contributed by atoms with Crippen molar-refractivity contribution in [1.82, 2.24) is 9.47 Å². The molecule has 1 aromatic heterocycles. The zero-order valence-electron chi connectivity index (χ0n) is 22.1. The second kappa shape index (κ2) is 6.29. The van der Waals surface area contributed by atoms with Crippen molar-refractivity contribution in [3.8, 4) is 0 Å². The molecule has 1 atom stereocenters. The predicted molar refractivity (Wildman–Crippen MR) is 112 cm³/mol. The van der Waals surface area contributed by atoms with Crippen molar-refractivity contribution in [3.63, 3.8) is 0 Å². The molecule has 2 fully saturated rings. The van der Waals surface area contributed by atoms with Crippen LogP contribution < -0.4 is 10.3 Å². The summed E-state index contributed by atoms with van der Waals surface area (Å²) in [5.41, 5.74) is -3.29. The third-order valence-electron chi connectivity index (χ3n) is 6.49. The van der Waals surface area contributed by atoms with Gasteiger partial charge in [0.1, 0.15) is 11.4 Å². The Morgan fingerprint density at radius 2 is 1.97 bits per heavy atom. The van der Waals surface area contributed by atoms with E-state index in [9.17, 15) is 14.7 Å². The number of hydrogen-bond donors (Lipinski definition) is 1. The number of aromatic nitrogens is 1. The maximum absolute atomic E-state index is 15.6. The monoisotopic (exact) mass is 406 g/mol. The van der Waals surface area contributed by atoms with Crippen LogP contribution in [0.25, 0.3) is 10.9 Å². The van der Waals surface area contributed by atoms with Crippen molar-refractivity contribution >= 4 is 22.6 Å². The Hall–Kier alpha value is -2.41. The molecule has 2 heterocycles. The summed E-state index contributed by atoms with van der Waals surface area (Å²) in [7, 11) is 1.39. The molecule has 1 saturated heterocycles. The first kappa shape index (κ1) is 14.6. The van der Waals surface area contributed by atoms with Gasteiger partial charge in [0.25, 0.3) is 0 Å². The first-order valence-corrected chi connectivity index (χ1v) is 9.49. The largest absolute Gasteiger partial charge is 0.477 e. The van der Waals surface area contributed by atoms with Crippen molar-refractivity contribution in [1.29, 1.82) is 0 Å². The summed E-state index contributed by atoms with van der Waals surface area (Å²) < 4.78 is 60.6. The van der Waals surface area contributed by atoms with Crippen LogP contribution in [-0.4, -0.2) is 52.1 Å². The molecule has 0 spiro atoms. The zero-order chi connectivity index (χ0) is 25.8. The molecule has 1 aromatic carbocycles. The van der Waals surface area contributed by atoms with E-state index in [-0.39, 0.29) is 16.6 Å². The molecule has 6 nitrogen and oxygen atoms in total. The molecule has 1 saturated carbocycles. The van der Waals surface area contributed by atoms with Crippen LogP contribution in [0.4, 0.5) is 10.1 Å². The molecule has 7 heteroatoms. The number of fused-ring (bicyclic) bond motifs is 1. The van der Waals surface area contributed by atoms with Crippen molar-refractivity contribution in [3.05, 3.63) is 39.9 Å². The quantitative estimate of drug-likeness (QED) is 0.848. The maximum atomic E-state index is 15.6. The summed E-state index contributed by atoms with van der Waals surface area (Å²) in [6.45, 7) is 0.990. The molecule has 0 bridgehead atoms. The number of pyridine rings is 1. The minimum Gasteiger partial charge on any atom is -0.477 e. The molecular weight excluding hydrogens is 373 g/mol. The van der Waals surface area contributed by atoms with Gasteiger partial charge in [-0.2, -0.15) is 0 Å². The van der Waals surface area contributed by atoms with E-state index in [0.717, 1.165) is 15.9 Å². The molecule has 4 rings (SSSR count). The van der Waals surface area contributed by atoms with Crippen LogP contribution >= 0.6 is 0 Å². The lowest BCUT2D eigenvalue weighted by Gasteiger charge is -2.51. The van der Waals surface area contributed by atoms with Gasteiger partial charge < -0.3 is 14.6 Å². The number of carbonyl (C=O) groups is 1. The predicted octanol–water partition coefficient (Wildman–Crippen LogP) is 3.27. The lowest BCUT2D eigenvalue weighted by Crippen LogP contribution is -2.63. The molecule has 0 amide bonds. The van der Waals surface area contributed by atoms with Crippen molar-refractivity contribution in [2.45, 2.75) is 57.6 Å². The average Bonchev–Trinajstić information content (AvgIpc) is 3.45. The van der Waals surface area contributed by atoms with Gasteiger partial charge in [-0.25, -0.2) is 9.18 Å². The van der Waals surface area contributed by atoms with E-state index < -0.39 is 52.9 Å². The van der Waals surface area contributed by atoms with E-state index >= 15 is 4.39 Å². The number of likely N-dealkylation sites (N-methyl/N-ethyl adjacent to an activating group) is 1. The van der Waals surface area contributed by atoms with Crippen LogP contribution in [0.3, 0.4) is 0 Å². The highest BCUT2D eigenvalue weighted by molar-refractivity contribution is 5.93. The smallest absolute Gasteiger partial charge is 0.341 e. The van der Waals surface area contributed by atoms with Crippen LogP contribution in [-0.2, 0) is 5.54 Å². The first-order chi connectivity index (χ1) is 15.3. The number of piperazine rings is 1. The third-order valence-corrected chi connectivity index (χ3v) is 6.49. The second-order valence-electron chi connectivity index (χ2n) is 8.63. The molecule has 1 unspecified atom stereocenters. The van der Waals surface area contributed by atoms with E-state index in [4.69, 9.17) is 6.85 Å². The average molecular weight is 407 g/mol. The standard InChI is InChI=1S/C22H28FN3O3/c1-13-21(2,3)24(5)8-9-25(13)18-11-17-14(10-16(18)23)19(27)15(20(28)29)12-26(17)22(4)6-7-22/h10-13H,6-9H2,1-5H3,(H,28,29)/i8D2,9D2,13D. The van der Waals surface area contributed by atoms with Crippen LogP contribution in [0.15, 0.2) is 23.1 Å². The lowest BCUT2D eigenvalue weighted by molar-refractivity contribution is 0.0694. The topological polar surface area (TPSA) is 65.8 Å². The molecule has 2 aliphatic rings. The number of rotatable bonds is 3. The van der Waals surface area contributed by atoms with E-state index in [0.29, 0.717) is 12.8 Å². The van der Waals surface area contributed by atoms with E-state index in [1.54, 1.807) is 18.4 Å². The minimum absolute atomic E-state index is 0.169. The number of carboxylic acid groups (broad SMARTS) is 1. The van der Waals surface area contributed by atoms with Gasteiger partial charge in [0.2, 0.25) is 5.43 Å². The van der Waals surface area contributed by atoms with Crippen LogP contribution in [0.2, 0.25) is 0 Å². The molecule has 156 valence electrons. The molecule has 1 aliphatic heterocycles. The minimum atomic E-state index is -2.84. The van der Waals surface area contributed by atoms with E-state index in [1.165, 1.54) is 26.2 Å². The number of halogens is 1. The lowest BCUT2D eigenvalue weighted by atomic mass is 9.89. The Morgan fingerprint density at radius 1 is 1.31 bits per heavy atom. The van der Waals surface area contributed by atoms with Crippen molar-refractivity contribution in [2.24, 2.45) is 0 Å². The van der Waals surface area contributed by atoms with Gasteiger partial charge >= 0.3 is 5.97 Å². The summed E-state index contributed by atoms with van der Waals surface area (Å²) in [6.07, 6.45) is 2.64. The summed E-state index contributed by atoms with van der Waals surface area (Å²) >= 11 is 0. The van der Waals surface area contributed by atoms with Crippen molar-refractivity contribution < 1.29 is 21.1 Å². The third kappa shape index (κ3) is 2.94. The summed E-state index contributed by atoms with van der Waals surface area (Å²) in [4.78, 5) is 26.5. The first-order valence-electron chi connectivity index (χ1n) is 12.0. The number of aromatic carboxylic acids is 1. The number of anilines is 1. The fourth-order valence-corrected chi connectivity index (χ4v) is 3.63. The van der Waals surface area contributed by atoms with Gasteiger partial charge in [0.05, 0.1) is 15.3 Å². The Morgan fingerprint density at radius 3 is 2.55 bits per heavy atom. The molecule has 1 aliphatic carbocycles. The summed E-state index contributed by atoms with van der Waals surface area (Å²) in [5, 5.41) is 9.34. The van der Waals surface area contributed by atoms with Gasteiger partial charge in [-0.15, -0.1) is 0 Å². The Bertz CT molecular complexity index is 1260.